The van der Waals surface area contributed by atoms with E-state index in [0.717, 1.165) is 103 Å². The lowest BCUT2D eigenvalue weighted by Gasteiger charge is -2.27. The lowest BCUT2D eigenvalue weighted by molar-refractivity contribution is -0.870. The molecular weight excluding hydrogens is 988 g/mol. The Morgan fingerprint density at radius 3 is 1.21 bits per heavy atom. The predicted octanol–water partition coefficient (Wildman–Crippen LogP) is 19.9. The molecule has 0 heterocycles. The van der Waals surface area contributed by atoms with E-state index in [0.29, 0.717) is 17.4 Å². The summed E-state index contributed by atoms with van der Waals surface area (Å²) in [5, 5.41) is 3.04. The highest BCUT2D eigenvalue weighted by Crippen LogP contribution is 2.43. The van der Waals surface area contributed by atoms with Crippen LogP contribution in [0.2, 0.25) is 0 Å². The van der Waals surface area contributed by atoms with Gasteiger partial charge in [-0.2, -0.15) is 0 Å². The number of esters is 1. The zero-order valence-electron chi connectivity index (χ0n) is 51.4. The van der Waals surface area contributed by atoms with Crippen LogP contribution in [0.5, 0.6) is 0 Å². The third-order valence-corrected chi connectivity index (χ3v) is 14.7. The average molecular weight is 1110 g/mol. The fourth-order valence-corrected chi connectivity index (χ4v) is 9.49. The summed E-state index contributed by atoms with van der Waals surface area (Å²) in [6.07, 6.45) is 76.9. The normalized spacial score (nSPS) is 14.3. The van der Waals surface area contributed by atoms with Crippen LogP contribution in [0.1, 0.15) is 271 Å². The van der Waals surface area contributed by atoms with E-state index in [1.807, 2.05) is 33.3 Å². The van der Waals surface area contributed by atoms with E-state index in [1.54, 1.807) is 0 Å². The molecule has 2 N–H and O–H groups in total. The summed E-state index contributed by atoms with van der Waals surface area (Å²) in [5.74, 6) is -0.551. The molecular formula is C68H122N2O7P+. The summed E-state index contributed by atoms with van der Waals surface area (Å²) in [5.41, 5.74) is 0. The highest BCUT2D eigenvalue weighted by Gasteiger charge is 2.30. The molecule has 0 aliphatic carbocycles. The number of amides is 1. The molecule has 0 rings (SSSR count). The fraction of sp³-hybridized carbons (Fsp3) is 0.735. The molecule has 1 amide bonds. The van der Waals surface area contributed by atoms with Gasteiger partial charge in [0.15, 0.2) is 0 Å². The van der Waals surface area contributed by atoms with Gasteiger partial charge >= 0.3 is 13.8 Å². The first-order valence-corrected chi connectivity index (χ1v) is 33.6. The molecule has 78 heavy (non-hydrogen) atoms. The van der Waals surface area contributed by atoms with Crippen LogP contribution in [-0.4, -0.2) is 74.3 Å². The lowest BCUT2D eigenvalue weighted by Crippen LogP contribution is -2.47. The molecule has 0 fully saturated rings. The molecule has 3 atom stereocenters. The number of phosphoric ester groups is 1. The van der Waals surface area contributed by atoms with Crippen molar-refractivity contribution in [1.29, 1.82) is 0 Å². The molecule has 0 radical (unpaired) electrons. The molecule has 0 bridgehead atoms. The lowest BCUT2D eigenvalue weighted by atomic mass is 10.0. The van der Waals surface area contributed by atoms with Crippen LogP contribution < -0.4 is 5.32 Å². The summed E-state index contributed by atoms with van der Waals surface area (Å²) >= 11 is 0. The van der Waals surface area contributed by atoms with E-state index in [9.17, 15) is 19.0 Å². The highest BCUT2D eigenvalue weighted by atomic mass is 31.2. The molecule has 3 unspecified atom stereocenters. The Morgan fingerprint density at radius 1 is 0.449 bits per heavy atom. The number of likely N-dealkylation sites (N-methyl/N-ethyl adjacent to an activating group) is 1. The van der Waals surface area contributed by atoms with Crippen LogP contribution in [-0.2, 0) is 27.9 Å². The van der Waals surface area contributed by atoms with Gasteiger partial charge in [-0.3, -0.25) is 18.6 Å². The van der Waals surface area contributed by atoms with Crippen molar-refractivity contribution < 1.29 is 37.3 Å². The van der Waals surface area contributed by atoms with Crippen molar-refractivity contribution in [3.8, 4) is 0 Å². The number of hydrogen-bond acceptors (Lipinski definition) is 6. The summed E-state index contributed by atoms with van der Waals surface area (Å²) < 4.78 is 30.7. The molecule has 450 valence electrons. The number of quaternary nitrogens is 1. The van der Waals surface area contributed by atoms with E-state index in [2.05, 4.69) is 111 Å². The van der Waals surface area contributed by atoms with E-state index in [4.69, 9.17) is 13.8 Å². The van der Waals surface area contributed by atoms with Crippen LogP contribution in [0.15, 0.2) is 97.2 Å². The minimum atomic E-state index is -4.47. The van der Waals surface area contributed by atoms with Crippen LogP contribution in [0.25, 0.3) is 0 Å². The van der Waals surface area contributed by atoms with Crippen molar-refractivity contribution in [2.24, 2.45) is 0 Å². The van der Waals surface area contributed by atoms with Gasteiger partial charge < -0.3 is 19.4 Å². The van der Waals surface area contributed by atoms with Gasteiger partial charge in [0.25, 0.3) is 0 Å². The highest BCUT2D eigenvalue weighted by molar-refractivity contribution is 7.47. The molecule has 0 saturated heterocycles. The number of rotatable bonds is 57. The second-order valence-corrected chi connectivity index (χ2v) is 24.0. The quantitative estimate of drug-likeness (QED) is 0.0205. The first-order valence-electron chi connectivity index (χ1n) is 32.1. The monoisotopic (exact) mass is 1110 g/mol. The van der Waals surface area contributed by atoms with E-state index >= 15 is 0 Å². The summed E-state index contributed by atoms with van der Waals surface area (Å²) in [7, 11) is 1.46. The largest absolute Gasteiger partial charge is 0.472 e. The average Bonchev–Trinajstić information content (AvgIpc) is 3.40. The molecule has 0 aliphatic heterocycles. The number of nitrogens with one attached hydrogen (secondary N) is 1. The Balaban J connectivity index is 5.30. The maximum Gasteiger partial charge on any atom is 0.472 e. The Kier molecular flexibility index (Phi) is 54.9. The number of phosphoric acid groups is 1. The molecule has 0 aromatic heterocycles. The maximum atomic E-state index is 13.5. The standard InChI is InChI=1S/C68H121N2O7P/c1-7-10-13-16-19-22-25-28-30-32-34-35-37-39-41-43-46-49-52-55-58-61-68(72)77-66(59-56-53-50-47-44-27-24-21-18-15-12-9-3)65(64-76-78(73,74)75-63-62-70(4,5)6)69-67(71)60-57-54-51-48-45-42-40-38-36-33-31-29-26-23-20-17-14-11-8-2/h19-20,22-23,28-31,34-36,38,42,45,56,59,65-66H,7-18,21,24-27,32-33,37,39-41,43-44,46-55,57-58,60-64H2,1-6H3,(H-,69,71,73,74)/p+1/b22-19-,23-20-,30-28-,31-29-,35-34-,38-36-,45-42-,59-56+. The van der Waals surface area contributed by atoms with Gasteiger partial charge in [0, 0.05) is 12.8 Å². The maximum absolute atomic E-state index is 13.5. The van der Waals surface area contributed by atoms with Crippen molar-refractivity contribution in [3.05, 3.63) is 97.2 Å². The summed E-state index contributed by atoms with van der Waals surface area (Å²) in [6, 6.07) is -0.874. The van der Waals surface area contributed by atoms with Crippen LogP contribution >= 0.6 is 7.82 Å². The van der Waals surface area contributed by atoms with Crippen LogP contribution in [0, 0.1) is 0 Å². The molecule has 0 aromatic carbocycles. The van der Waals surface area contributed by atoms with Crippen LogP contribution in [0.3, 0.4) is 0 Å². The van der Waals surface area contributed by atoms with Crippen molar-refractivity contribution in [1.82, 2.24) is 5.32 Å². The molecule has 0 aromatic rings. The van der Waals surface area contributed by atoms with Gasteiger partial charge in [0.05, 0.1) is 33.8 Å². The smallest absolute Gasteiger partial charge is 0.456 e. The zero-order valence-corrected chi connectivity index (χ0v) is 52.3. The predicted molar refractivity (Wildman–Crippen MR) is 337 cm³/mol. The first-order chi connectivity index (χ1) is 37.9. The number of hydrogen-bond donors (Lipinski definition) is 2. The van der Waals surface area contributed by atoms with Gasteiger partial charge in [-0.1, -0.05) is 240 Å². The Morgan fingerprint density at radius 2 is 0.782 bits per heavy atom. The van der Waals surface area contributed by atoms with E-state index < -0.39 is 20.0 Å². The minimum Gasteiger partial charge on any atom is -0.456 e. The molecule has 0 aliphatic rings. The second-order valence-electron chi connectivity index (χ2n) is 22.6. The summed E-state index contributed by atoms with van der Waals surface area (Å²) in [6.45, 7) is 6.92. The second kappa shape index (κ2) is 57.2. The van der Waals surface area contributed by atoms with Crippen LogP contribution in [0.4, 0.5) is 0 Å². The van der Waals surface area contributed by atoms with E-state index in [1.165, 1.54) is 128 Å². The Labute approximate surface area is 481 Å². The minimum absolute atomic E-state index is 0.0282. The Hall–Kier alpha value is -3.07. The van der Waals surface area contributed by atoms with Gasteiger partial charge in [-0.25, -0.2) is 4.57 Å². The third-order valence-electron chi connectivity index (χ3n) is 13.7. The SMILES string of the molecule is CCCCC/C=C\C/C=C\C/C=C\C/C=C\CCCCCC(=O)NC(COP(=O)(O)OCC[N+](C)(C)C)C(/C=C/CCCCCCCCCCCC)OC(=O)CCCCCCCCCC/C=C\C/C=C\C/C=C\CCCCC. The fourth-order valence-electron chi connectivity index (χ4n) is 8.75. The number of unbranched alkanes of at least 4 members (excludes halogenated alkanes) is 27. The van der Waals surface area contributed by atoms with Gasteiger partial charge in [0.1, 0.15) is 19.3 Å². The first kappa shape index (κ1) is 74.9. The van der Waals surface area contributed by atoms with Gasteiger partial charge in [-0.15, -0.1) is 0 Å². The number of carbonyl (C=O) groups is 2. The van der Waals surface area contributed by atoms with Gasteiger partial charge in [-0.05, 0) is 115 Å². The topological polar surface area (TPSA) is 111 Å². The molecule has 10 heteroatoms. The number of carbonyl (C=O) groups excluding carboxylic acids is 2. The molecule has 9 nitrogen and oxygen atoms in total. The van der Waals surface area contributed by atoms with Crippen molar-refractivity contribution in [2.75, 3.05) is 40.9 Å². The van der Waals surface area contributed by atoms with E-state index in [-0.39, 0.29) is 37.9 Å². The zero-order chi connectivity index (χ0) is 57.2. The number of ether oxygens (including phenoxy) is 1. The van der Waals surface area contributed by atoms with Crippen molar-refractivity contribution in [3.63, 3.8) is 0 Å². The van der Waals surface area contributed by atoms with Crippen molar-refractivity contribution >= 4 is 19.7 Å². The van der Waals surface area contributed by atoms with Gasteiger partial charge in [0.2, 0.25) is 5.91 Å². The number of nitrogens with zero attached hydrogens (tertiary/aromatic N) is 1. The third kappa shape index (κ3) is 57.6. The van der Waals surface area contributed by atoms with Crippen molar-refractivity contribution in [2.45, 2.75) is 283 Å². The molecule has 0 spiro atoms. The molecule has 0 saturated carbocycles. The Bertz CT molecular complexity index is 1660. The number of allylic oxidation sites excluding steroid dienone is 15. The summed E-state index contributed by atoms with van der Waals surface area (Å²) in [4.78, 5) is 37.7.